The third-order valence-corrected chi connectivity index (χ3v) is 3.29. The smallest absolute Gasteiger partial charge is 0.350 e. The highest BCUT2D eigenvalue weighted by Gasteiger charge is 2.36. The van der Waals surface area contributed by atoms with Crippen molar-refractivity contribution in [3.05, 3.63) is 0 Å². The van der Waals surface area contributed by atoms with Crippen molar-refractivity contribution < 1.29 is 38.1 Å². The zero-order valence-corrected chi connectivity index (χ0v) is 17.8. The van der Waals surface area contributed by atoms with Gasteiger partial charge in [-0.2, -0.15) is 0 Å². The van der Waals surface area contributed by atoms with Crippen LogP contribution in [-0.2, 0) is 38.1 Å². The first kappa shape index (κ1) is 26.8. The van der Waals surface area contributed by atoms with Crippen molar-refractivity contribution in [2.24, 2.45) is 11.5 Å². The van der Waals surface area contributed by atoms with Gasteiger partial charge in [0.2, 0.25) is 5.60 Å². The summed E-state index contributed by atoms with van der Waals surface area (Å²) in [6.07, 6.45) is 0. The summed E-state index contributed by atoms with van der Waals surface area (Å²) in [5.41, 5.74) is 8.11. The van der Waals surface area contributed by atoms with Crippen LogP contribution >= 0.6 is 0 Å². The first-order valence-electron chi connectivity index (χ1n) is 9.19. The maximum Gasteiger partial charge on any atom is 0.350 e. The first-order valence-corrected chi connectivity index (χ1v) is 9.19. The normalized spacial score (nSPS) is 11.7. The lowest BCUT2D eigenvalue weighted by molar-refractivity contribution is -0.187. The van der Waals surface area contributed by atoms with Crippen LogP contribution in [0.4, 0.5) is 0 Å². The van der Waals surface area contributed by atoms with Crippen LogP contribution in [0.1, 0.15) is 34.6 Å². The summed E-state index contributed by atoms with van der Waals surface area (Å²) in [5, 5.41) is 0. The highest BCUT2D eigenvalue weighted by Crippen LogP contribution is 2.17. The molecule has 0 aromatic heterocycles. The van der Waals surface area contributed by atoms with Crippen molar-refractivity contribution in [3.8, 4) is 0 Å². The van der Waals surface area contributed by atoms with E-state index in [0.29, 0.717) is 0 Å². The predicted octanol–water partition coefficient (Wildman–Crippen LogP) is -1.04. The highest BCUT2D eigenvalue weighted by atomic mass is 16.6. The van der Waals surface area contributed by atoms with E-state index in [9.17, 15) is 19.2 Å². The fourth-order valence-electron chi connectivity index (χ4n) is 1.91. The largest absolute Gasteiger partial charge is 0.463 e. The quantitative estimate of drug-likeness (QED) is 0.293. The monoisotopic (exact) mass is 419 g/mol. The Kier molecular flexibility index (Phi) is 11.4. The SMILES string of the molecule is CC(C)(C)OC(=O)C(C)(C)OC(=O)CN(CCOC(=O)CN)CCOC(=O)CN. The molecule has 0 fully saturated rings. The van der Waals surface area contributed by atoms with Crippen LogP contribution in [0.25, 0.3) is 0 Å². The van der Waals surface area contributed by atoms with Crippen molar-refractivity contribution >= 4 is 23.9 Å². The molecule has 0 rings (SSSR count). The lowest BCUT2D eigenvalue weighted by atomic mass is 10.1. The molecule has 0 radical (unpaired) electrons. The summed E-state index contributed by atoms with van der Waals surface area (Å²) in [4.78, 5) is 48.4. The fourth-order valence-corrected chi connectivity index (χ4v) is 1.91. The molecule has 11 nitrogen and oxygen atoms in total. The van der Waals surface area contributed by atoms with Crippen LogP contribution in [-0.4, -0.2) is 85.9 Å². The van der Waals surface area contributed by atoms with Gasteiger partial charge in [0.25, 0.3) is 0 Å². The Hall–Kier alpha value is -2.24. The Balaban J connectivity index is 4.81. The minimum Gasteiger partial charge on any atom is -0.463 e. The predicted molar refractivity (Wildman–Crippen MR) is 102 cm³/mol. The molecule has 0 bridgehead atoms. The third-order valence-electron chi connectivity index (χ3n) is 3.29. The molecule has 0 amide bonds. The minimum atomic E-state index is -1.49. The second-order valence-electron chi connectivity index (χ2n) is 7.61. The van der Waals surface area contributed by atoms with Crippen LogP contribution in [0.2, 0.25) is 0 Å². The Morgan fingerprint density at radius 1 is 0.759 bits per heavy atom. The molecule has 0 unspecified atom stereocenters. The van der Waals surface area contributed by atoms with Crippen molar-refractivity contribution in [3.63, 3.8) is 0 Å². The fraction of sp³-hybridized carbons (Fsp3) is 0.778. The van der Waals surface area contributed by atoms with Crippen LogP contribution in [0, 0.1) is 0 Å². The molecule has 0 aliphatic carbocycles. The van der Waals surface area contributed by atoms with Gasteiger partial charge in [-0.3, -0.25) is 19.3 Å². The number of hydrogen-bond donors (Lipinski definition) is 2. The molecule has 0 saturated carbocycles. The van der Waals surface area contributed by atoms with Gasteiger partial charge in [0.05, 0.1) is 19.6 Å². The number of rotatable bonds is 12. The first-order chi connectivity index (χ1) is 13.3. The zero-order chi connectivity index (χ0) is 22.7. The molecule has 4 N–H and O–H groups in total. The number of esters is 4. The highest BCUT2D eigenvalue weighted by molar-refractivity contribution is 5.83. The van der Waals surface area contributed by atoms with Crippen molar-refractivity contribution in [1.82, 2.24) is 4.90 Å². The maximum absolute atomic E-state index is 12.3. The molecular formula is C18H33N3O8. The van der Waals surface area contributed by atoms with E-state index in [0.717, 1.165) is 0 Å². The lowest BCUT2D eigenvalue weighted by Gasteiger charge is -2.29. The summed E-state index contributed by atoms with van der Waals surface area (Å²) >= 11 is 0. The molecule has 11 heteroatoms. The summed E-state index contributed by atoms with van der Waals surface area (Å²) in [6, 6.07) is 0. The Labute approximate surface area is 170 Å². The number of carbonyl (C=O) groups excluding carboxylic acids is 4. The molecule has 168 valence electrons. The van der Waals surface area contributed by atoms with Gasteiger partial charge in [0.1, 0.15) is 18.8 Å². The molecule has 0 spiro atoms. The minimum absolute atomic E-state index is 0.0242. The second kappa shape index (κ2) is 12.3. The number of nitrogens with zero attached hydrogens (tertiary/aromatic N) is 1. The lowest BCUT2D eigenvalue weighted by Crippen LogP contribution is -2.45. The number of ether oxygens (including phenoxy) is 4. The number of hydrogen-bond acceptors (Lipinski definition) is 11. The number of nitrogens with two attached hydrogens (primary N) is 2. The molecule has 0 aromatic carbocycles. The molecule has 0 heterocycles. The van der Waals surface area contributed by atoms with E-state index in [1.165, 1.54) is 13.8 Å². The molecule has 0 aromatic rings. The van der Waals surface area contributed by atoms with Gasteiger partial charge < -0.3 is 30.4 Å². The maximum atomic E-state index is 12.3. The van der Waals surface area contributed by atoms with E-state index in [2.05, 4.69) is 0 Å². The summed E-state index contributed by atoms with van der Waals surface area (Å²) in [6.45, 7) is 7.48. The van der Waals surface area contributed by atoms with E-state index < -0.39 is 35.1 Å². The Bertz CT molecular complexity index is 550. The average Bonchev–Trinajstić information content (AvgIpc) is 2.58. The van der Waals surface area contributed by atoms with Gasteiger partial charge in [0, 0.05) is 13.1 Å². The van der Waals surface area contributed by atoms with Gasteiger partial charge in [-0.1, -0.05) is 0 Å². The van der Waals surface area contributed by atoms with Crippen LogP contribution < -0.4 is 11.5 Å². The number of carbonyl (C=O) groups is 4. The van der Waals surface area contributed by atoms with E-state index in [1.807, 2.05) is 0 Å². The van der Waals surface area contributed by atoms with E-state index in [1.54, 1.807) is 25.7 Å². The summed E-state index contributed by atoms with van der Waals surface area (Å²) < 4.78 is 20.3. The molecule has 0 saturated heterocycles. The Morgan fingerprint density at radius 2 is 1.21 bits per heavy atom. The average molecular weight is 419 g/mol. The van der Waals surface area contributed by atoms with E-state index in [4.69, 9.17) is 30.4 Å². The van der Waals surface area contributed by atoms with Gasteiger partial charge in [-0.05, 0) is 34.6 Å². The van der Waals surface area contributed by atoms with E-state index in [-0.39, 0.29) is 45.9 Å². The van der Waals surface area contributed by atoms with Gasteiger partial charge in [-0.15, -0.1) is 0 Å². The van der Waals surface area contributed by atoms with Gasteiger partial charge in [-0.25, -0.2) is 4.79 Å². The molecule has 0 aliphatic heterocycles. The third kappa shape index (κ3) is 12.8. The Morgan fingerprint density at radius 3 is 1.59 bits per heavy atom. The van der Waals surface area contributed by atoms with Crippen LogP contribution in [0.15, 0.2) is 0 Å². The molecular weight excluding hydrogens is 386 g/mol. The zero-order valence-electron chi connectivity index (χ0n) is 17.8. The van der Waals surface area contributed by atoms with Crippen molar-refractivity contribution in [2.45, 2.75) is 45.8 Å². The van der Waals surface area contributed by atoms with Gasteiger partial charge in [0.15, 0.2) is 0 Å². The topological polar surface area (TPSA) is 160 Å². The summed E-state index contributed by atoms with van der Waals surface area (Å²) in [7, 11) is 0. The summed E-state index contributed by atoms with van der Waals surface area (Å²) in [5.74, 6) is -2.56. The van der Waals surface area contributed by atoms with Gasteiger partial charge >= 0.3 is 23.9 Å². The van der Waals surface area contributed by atoms with Crippen LogP contribution in [0.5, 0.6) is 0 Å². The molecule has 29 heavy (non-hydrogen) atoms. The van der Waals surface area contributed by atoms with E-state index >= 15 is 0 Å². The van der Waals surface area contributed by atoms with Crippen molar-refractivity contribution in [1.29, 1.82) is 0 Å². The standard InChI is InChI=1S/C18H33N3O8/c1-17(2,3)29-16(25)18(4,5)28-15(24)12-21(6-8-26-13(22)10-19)7-9-27-14(23)11-20/h6-12,19-20H2,1-5H3. The molecule has 0 aliphatic rings. The van der Waals surface area contributed by atoms with Crippen LogP contribution in [0.3, 0.4) is 0 Å². The van der Waals surface area contributed by atoms with Crippen molar-refractivity contribution in [2.75, 3.05) is 45.9 Å². The molecule has 0 atom stereocenters. The second-order valence-corrected chi connectivity index (χ2v) is 7.61.